The van der Waals surface area contributed by atoms with E-state index in [2.05, 4.69) is 15.4 Å². The number of carboxylic acid groups (broad SMARTS) is 1. The van der Waals surface area contributed by atoms with Gasteiger partial charge in [0.25, 0.3) is 0 Å². The van der Waals surface area contributed by atoms with Gasteiger partial charge in [0.2, 0.25) is 0 Å². The number of urea groups is 1. The van der Waals surface area contributed by atoms with Crippen LogP contribution in [0.1, 0.15) is 10.4 Å². The summed E-state index contributed by atoms with van der Waals surface area (Å²) in [4.78, 5) is 32.8. The van der Waals surface area contributed by atoms with E-state index in [0.29, 0.717) is 0 Å². The number of methoxy groups -OCH3 is 1. The zero-order chi connectivity index (χ0) is 12.8. The van der Waals surface area contributed by atoms with Gasteiger partial charge in [0, 0.05) is 0 Å². The third-order valence-electron chi connectivity index (χ3n) is 1.74. The molecule has 0 unspecified atom stereocenters. The molecular weight excluding hydrogens is 248 g/mol. The highest BCUT2D eigenvalue weighted by atomic mass is 32.1. The summed E-state index contributed by atoms with van der Waals surface area (Å²) < 4.78 is 4.32. The molecule has 2 amide bonds. The normalized spacial score (nSPS) is 9.47. The van der Waals surface area contributed by atoms with Gasteiger partial charge in [0.1, 0.15) is 11.5 Å². The summed E-state index contributed by atoms with van der Waals surface area (Å²) in [6, 6.07) is 0.712. The second-order valence-electron chi connectivity index (χ2n) is 2.85. The second-order valence-corrected chi connectivity index (χ2v) is 3.77. The number of ether oxygens (including phenoxy) is 1. The van der Waals surface area contributed by atoms with E-state index in [9.17, 15) is 14.4 Å². The summed E-state index contributed by atoms with van der Waals surface area (Å²) in [6.45, 7) is -0.282. The van der Waals surface area contributed by atoms with Crippen molar-refractivity contribution < 1.29 is 24.2 Å². The van der Waals surface area contributed by atoms with Crippen LogP contribution in [-0.2, 0) is 9.53 Å². The molecule has 0 fully saturated rings. The lowest BCUT2D eigenvalue weighted by Crippen LogP contribution is -2.33. The molecule has 3 N–H and O–H groups in total. The Morgan fingerprint density at radius 3 is 2.76 bits per heavy atom. The lowest BCUT2D eigenvalue weighted by molar-refractivity contribution is -0.139. The Kier molecular flexibility index (Phi) is 4.46. The van der Waals surface area contributed by atoms with Crippen molar-refractivity contribution in [3.05, 3.63) is 17.0 Å². The molecule has 7 nitrogen and oxygen atoms in total. The molecule has 8 heteroatoms. The van der Waals surface area contributed by atoms with Crippen molar-refractivity contribution in [3.63, 3.8) is 0 Å². The largest absolute Gasteiger partial charge is 0.478 e. The number of hydrogen-bond acceptors (Lipinski definition) is 5. The van der Waals surface area contributed by atoms with Gasteiger partial charge in [-0.1, -0.05) is 0 Å². The molecule has 0 radical (unpaired) electrons. The van der Waals surface area contributed by atoms with Crippen LogP contribution in [0.4, 0.5) is 9.80 Å². The highest BCUT2D eigenvalue weighted by Gasteiger charge is 2.14. The number of rotatable bonds is 4. The van der Waals surface area contributed by atoms with Crippen LogP contribution in [-0.4, -0.2) is 36.7 Å². The van der Waals surface area contributed by atoms with Crippen LogP contribution in [0.2, 0.25) is 0 Å². The van der Waals surface area contributed by atoms with Crippen LogP contribution in [0.5, 0.6) is 0 Å². The predicted molar refractivity (Wildman–Crippen MR) is 60.3 cm³/mol. The summed E-state index contributed by atoms with van der Waals surface area (Å²) in [5, 5.41) is 15.1. The molecule has 1 heterocycles. The number of aromatic carboxylic acids is 1. The van der Waals surface area contributed by atoms with E-state index in [1.807, 2.05) is 0 Å². The Labute approximate surface area is 100 Å². The van der Waals surface area contributed by atoms with Crippen LogP contribution in [0, 0.1) is 0 Å². The maximum absolute atomic E-state index is 11.3. The molecule has 1 aromatic heterocycles. The first-order chi connectivity index (χ1) is 8.04. The Morgan fingerprint density at radius 1 is 1.47 bits per heavy atom. The summed E-state index contributed by atoms with van der Waals surface area (Å²) in [7, 11) is 1.20. The van der Waals surface area contributed by atoms with Crippen LogP contribution < -0.4 is 10.6 Å². The minimum absolute atomic E-state index is 0.00298. The monoisotopic (exact) mass is 258 g/mol. The number of carboxylic acids is 1. The number of hydrogen-bond donors (Lipinski definition) is 3. The molecule has 0 aliphatic heterocycles. The zero-order valence-corrected chi connectivity index (χ0v) is 9.67. The Morgan fingerprint density at radius 2 is 2.18 bits per heavy atom. The summed E-state index contributed by atoms with van der Waals surface area (Å²) >= 11 is 1.08. The van der Waals surface area contributed by atoms with Gasteiger partial charge >= 0.3 is 18.0 Å². The molecule has 92 valence electrons. The SMILES string of the molecule is COC(=O)CNC(=O)Nc1sccc1C(=O)O. The molecule has 17 heavy (non-hydrogen) atoms. The van der Waals surface area contributed by atoms with Crippen LogP contribution in [0.15, 0.2) is 11.4 Å². The van der Waals surface area contributed by atoms with Gasteiger partial charge in [-0.05, 0) is 11.4 Å². The van der Waals surface area contributed by atoms with Crippen molar-refractivity contribution in [2.75, 3.05) is 19.0 Å². The Balaban J connectivity index is 2.53. The fourth-order valence-corrected chi connectivity index (χ4v) is 1.72. The second kappa shape index (κ2) is 5.85. The maximum Gasteiger partial charge on any atom is 0.338 e. The fraction of sp³-hybridized carbons (Fsp3) is 0.222. The topological polar surface area (TPSA) is 105 Å². The van der Waals surface area contributed by atoms with Gasteiger partial charge in [0.05, 0.1) is 12.7 Å². The molecule has 0 saturated carbocycles. The average Bonchev–Trinajstić information content (AvgIpc) is 2.74. The van der Waals surface area contributed by atoms with Crippen molar-refractivity contribution in [2.45, 2.75) is 0 Å². The lowest BCUT2D eigenvalue weighted by Gasteiger charge is -2.05. The number of amides is 2. The van der Waals surface area contributed by atoms with Crippen LogP contribution in [0.25, 0.3) is 0 Å². The van der Waals surface area contributed by atoms with E-state index in [1.165, 1.54) is 13.2 Å². The fourth-order valence-electron chi connectivity index (χ4n) is 0.946. The van der Waals surface area contributed by atoms with Crippen LogP contribution in [0.3, 0.4) is 0 Å². The van der Waals surface area contributed by atoms with Gasteiger partial charge in [-0.3, -0.25) is 10.1 Å². The van der Waals surface area contributed by atoms with Crippen molar-refractivity contribution in [1.29, 1.82) is 0 Å². The zero-order valence-electron chi connectivity index (χ0n) is 8.85. The highest BCUT2D eigenvalue weighted by molar-refractivity contribution is 7.14. The molecule has 1 aromatic rings. The van der Waals surface area contributed by atoms with Gasteiger partial charge in [-0.15, -0.1) is 11.3 Å². The molecule has 0 aliphatic rings. The molecule has 0 saturated heterocycles. The van der Waals surface area contributed by atoms with E-state index >= 15 is 0 Å². The number of carbonyl (C=O) groups excluding carboxylic acids is 2. The number of esters is 1. The maximum atomic E-state index is 11.3. The first-order valence-electron chi connectivity index (χ1n) is 4.47. The standard InChI is InChI=1S/C9H10N2O5S/c1-16-6(12)4-10-9(15)11-7-5(8(13)14)2-3-17-7/h2-3H,4H2,1H3,(H,13,14)(H2,10,11,15). The van der Waals surface area contributed by atoms with Crippen molar-refractivity contribution >= 4 is 34.3 Å². The number of thiophene rings is 1. The average molecular weight is 258 g/mol. The van der Waals surface area contributed by atoms with Crippen molar-refractivity contribution in [1.82, 2.24) is 5.32 Å². The third kappa shape index (κ3) is 3.76. The number of carbonyl (C=O) groups is 3. The summed E-state index contributed by atoms with van der Waals surface area (Å²) in [5.41, 5.74) is 0.00298. The molecule has 0 bridgehead atoms. The number of nitrogens with one attached hydrogen (secondary N) is 2. The minimum atomic E-state index is -1.13. The highest BCUT2D eigenvalue weighted by Crippen LogP contribution is 2.22. The van der Waals surface area contributed by atoms with Gasteiger partial charge in [-0.25, -0.2) is 9.59 Å². The van der Waals surface area contributed by atoms with E-state index in [4.69, 9.17) is 5.11 Å². The Hall–Kier alpha value is -2.09. The molecule has 1 rings (SSSR count). The van der Waals surface area contributed by atoms with Gasteiger partial charge < -0.3 is 15.2 Å². The minimum Gasteiger partial charge on any atom is -0.478 e. The van der Waals surface area contributed by atoms with Crippen molar-refractivity contribution in [2.24, 2.45) is 0 Å². The number of anilines is 1. The molecule has 0 aromatic carbocycles. The molecule has 0 aliphatic carbocycles. The summed E-state index contributed by atoms with van der Waals surface area (Å²) in [5.74, 6) is -1.72. The quantitative estimate of drug-likeness (QED) is 0.691. The first kappa shape index (κ1) is 13.0. The lowest BCUT2D eigenvalue weighted by atomic mass is 10.3. The predicted octanol–water partition coefficient (Wildman–Crippen LogP) is 0.741. The molecular formula is C9H10N2O5S. The van der Waals surface area contributed by atoms with Crippen LogP contribution >= 0.6 is 11.3 Å². The third-order valence-corrected chi connectivity index (χ3v) is 2.57. The smallest absolute Gasteiger partial charge is 0.338 e. The van der Waals surface area contributed by atoms with Gasteiger partial charge in [-0.2, -0.15) is 0 Å². The van der Waals surface area contributed by atoms with E-state index in [1.54, 1.807) is 5.38 Å². The Bertz CT molecular complexity index is 442. The van der Waals surface area contributed by atoms with Gasteiger partial charge in [0.15, 0.2) is 0 Å². The summed E-state index contributed by atoms with van der Waals surface area (Å²) in [6.07, 6.45) is 0. The van der Waals surface area contributed by atoms with E-state index in [-0.39, 0.29) is 17.1 Å². The first-order valence-corrected chi connectivity index (χ1v) is 5.35. The molecule has 0 spiro atoms. The van der Waals surface area contributed by atoms with E-state index in [0.717, 1.165) is 11.3 Å². The van der Waals surface area contributed by atoms with Crippen molar-refractivity contribution in [3.8, 4) is 0 Å². The molecule has 0 atom stereocenters. The van der Waals surface area contributed by atoms with E-state index < -0.39 is 18.0 Å².